The van der Waals surface area contributed by atoms with Crippen LogP contribution >= 0.6 is 0 Å². The number of hydrogen-bond donors (Lipinski definition) is 2. The summed E-state index contributed by atoms with van der Waals surface area (Å²) in [6, 6.07) is 27.3. The summed E-state index contributed by atoms with van der Waals surface area (Å²) in [5.74, 6) is -0.990. The number of ketones is 1. The molecule has 1 amide bonds. The SMILES string of the molecule is CCCCc1c(-c2cnc(N)nc2)c(C(=O)c2ccccc2-c2ccccc2)cc2c1C(C(N)=O)c1ccccc1-2. The van der Waals surface area contributed by atoms with Crippen LogP contribution in [0.25, 0.3) is 33.4 Å². The number of benzene rings is 4. The fourth-order valence-corrected chi connectivity index (χ4v) is 6.04. The number of nitrogens with zero attached hydrogens (tertiary/aromatic N) is 2. The number of nitrogens with two attached hydrogens (primary N) is 2. The van der Waals surface area contributed by atoms with Gasteiger partial charge >= 0.3 is 0 Å². The van der Waals surface area contributed by atoms with Crippen molar-refractivity contribution in [3.05, 3.63) is 125 Å². The maximum atomic E-state index is 14.7. The molecule has 1 unspecified atom stereocenters. The molecule has 0 bridgehead atoms. The molecule has 0 saturated heterocycles. The van der Waals surface area contributed by atoms with Gasteiger partial charge in [-0.25, -0.2) is 9.97 Å². The van der Waals surface area contributed by atoms with Crippen LogP contribution in [0, 0.1) is 0 Å². The highest BCUT2D eigenvalue weighted by Crippen LogP contribution is 2.50. The molecule has 4 N–H and O–H groups in total. The van der Waals surface area contributed by atoms with Gasteiger partial charge in [-0.3, -0.25) is 9.59 Å². The fraction of sp³-hybridized carbons (Fsp3) is 0.143. The Bertz CT molecular complexity index is 1780. The quantitative estimate of drug-likeness (QED) is 0.217. The molecule has 202 valence electrons. The van der Waals surface area contributed by atoms with Gasteiger partial charge in [0.05, 0.1) is 5.92 Å². The first-order valence-electron chi connectivity index (χ1n) is 13.8. The van der Waals surface area contributed by atoms with Crippen LogP contribution in [0.1, 0.15) is 58.3 Å². The average Bonchev–Trinajstić information content (AvgIpc) is 3.34. The third-order valence-corrected chi connectivity index (χ3v) is 7.85. The summed E-state index contributed by atoms with van der Waals surface area (Å²) >= 11 is 0. The second-order valence-corrected chi connectivity index (χ2v) is 10.3. The van der Waals surface area contributed by atoms with Crippen LogP contribution in [-0.4, -0.2) is 21.7 Å². The van der Waals surface area contributed by atoms with Crippen LogP contribution < -0.4 is 11.5 Å². The second kappa shape index (κ2) is 10.8. The smallest absolute Gasteiger partial charge is 0.229 e. The van der Waals surface area contributed by atoms with E-state index in [9.17, 15) is 9.59 Å². The first-order chi connectivity index (χ1) is 20.0. The molecule has 41 heavy (non-hydrogen) atoms. The summed E-state index contributed by atoms with van der Waals surface area (Å²) in [6.45, 7) is 2.12. The van der Waals surface area contributed by atoms with E-state index in [-0.39, 0.29) is 11.7 Å². The van der Waals surface area contributed by atoms with Crippen LogP contribution in [0.5, 0.6) is 0 Å². The Kier molecular flexibility index (Phi) is 6.89. The Morgan fingerprint density at radius 3 is 2.15 bits per heavy atom. The first-order valence-corrected chi connectivity index (χ1v) is 13.8. The standard InChI is InChI=1S/C35H30N4O2/c1-2-3-13-27-30(22-19-38-35(37)39-20-22)29(18-28-24-15-8-9-16-25(24)32(31(27)28)34(36)41)33(40)26-17-10-7-14-23(26)21-11-5-4-6-12-21/h4-12,14-20,32H,2-3,13H2,1H3,(H2,36,41)(H2,37,38,39). The molecule has 0 saturated carbocycles. The number of anilines is 1. The zero-order valence-corrected chi connectivity index (χ0v) is 22.8. The molecule has 1 aromatic heterocycles. The minimum atomic E-state index is -0.609. The van der Waals surface area contributed by atoms with E-state index in [1.54, 1.807) is 12.4 Å². The number of aromatic nitrogens is 2. The van der Waals surface area contributed by atoms with E-state index in [2.05, 4.69) is 16.9 Å². The number of carbonyl (C=O) groups excluding carboxylic acids is 2. The summed E-state index contributed by atoms with van der Waals surface area (Å²) in [7, 11) is 0. The topological polar surface area (TPSA) is 112 Å². The number of unbranched alkanes of at least 4 members (excludes halogenated alkanes) is 1. The van der Waals surface area contributed by atoms with Crippen molar-refractivity contribution in [3.63, 3.8) is 0 Å². The van der Waals surface area contributed by atoms with Crippen LogP contribution in [0.2, 0.25) is 0 Å². The molecule has 6 heteroatoms. The fourth-order valence-electron chi connectivity index (χ4n) is 6.04. The Morgan fingerprint density at radius 2 is 1.44 bits per heavy atom. The molecule has 6 nitrogen and oxygen atoms in total. The van der Waals surface area contributed by atoms with Crippen LogP contribution in [0.15, 0.2) is 97.3 Å². The molecule has 1 aliphatic rings. The maximum absolute atomic E-state index is 14.7. The number of primary amides is 1. The molecular formula is C35H30N4O2. The highest BCUT2D eigenvalue weighted by molar-refractivity contribution is 6.17. The van der Waals surface area contributed by atoms with E-state index in [0.29, 0.717) is 23.1 Å². The molecule has 0 spiro atoms. The van der Waals surface area contributed by atoms with Gasteiger partial charge in [-0.05, 0) is 63.4 Å². The van der Waals surface area contributed by atoms with Crippen molar-refractivity contribution in [1.29, 1.82) is 0 Å². The lowest BCUT2D eigenvalue weighted by molar-refractivity contribution is -0.118. The van der Waals surface area contributed by atoms with Gasteiger partial charge in [0.2, 0.25) is 11.9 Å². The van der Waals surface area contributed by atoms with Crippen LogP contribution in [0.3, 0.4) is 0 Å². The molecule has 1 atom stereocenters. The minimum absolute atomic E-state index is 0.114. The highest BCUT2D eigenvalue weighted by atomic mass is 16.1. The van der Waals surface area contributed by atoms with E-state index < -0.39 is 11.8 Å². The van der Waals surface area contributed by atoms with E-state index >= 15 is 0 Å². The largest absolute Gasteiger partial charge is 0.369 e. The van der Waals surface area contributed by atoms with Crippen LogP contribution in [-0.2, 0) is 11.2 Å². The molecular weight excluding hydrogens is 508 g/mol. The molecule has 4 aromatic carbocycles. The number of amides is 1. The lowest BCUT2D eigenvalue weighted by Crippen LogP contribution is -2.22. The predicted molar refractivity (Wildman–Crippen MR) is 162 cm³/mol. The summed E-state index contributed by atoms with van der Waals surface area (Å²) < 4.78 is 0. The van der Waals surface area contributed by atoms with Gasteiger partial charge in [-0.1, -0.05) is 92.2 Å². The Morgan fingerprint density at radius 1 is 0.780 bits per heavy atom. The highest BCUT2D eigenvalue weighted by Gasteiger charge is 2.37. The Labute approximate surface area is 239 Å². The number of fused-ring (bicyclic) bond motifs is 3. The molecule has 0 fully saturated rings. The normalized spacial score (nSPS) is 13.4. The Hall–Kier alpha value is -5.10. The predicted octanol–water partition coefficient (Wildman–Crippen LogP) is 6.56. The van der Waals surface area contributed by atoms with E-state index in [0.717, 1.165) is 57.3 Å². The summed E-state index contributed by atoms with van der Waals surface area (Å²) in [4.78, 5) is 36.2. The monoisotopic (exact) mass is 538 g/mol. The lowest BCUT2D eigenvalue weighted by atomic mass is 9.81. The zero-order chi connectivity index (χ0) is 28.5. The van der Waals surface area contributed by atoms with E-state index in [4.69, 9.17) is 11.5 Å². The van der Waals surface area contributed by atoms with Crippen molar-refractivity contribution in [2.75, 3.05) is 5.73 Å². The number of nitrogen functional groups attached to an aromatic ring is 1. The van der Waals surface area contributed by atoms with Crippen molar-refractivity contribution >= 4 is 17.6 Å². The number of hydrogen-bond acceptors (Lipinski definition) is 5. The van der Waals surface area contributed by atoms with Gasteiger partial charge in [-0.15, -0.1) is 0 Å². The Balaban J connectivity index is 1.68. The zero-order valence-electron chi connectivity index (χ0n) is 22.8. The van der Waals surface area contributed by atoms with Gasteiger partial charge in [0, 0.05) is 29.1 Å². The van der Waals surface area contributed by atoms with Crippen molar-refractivity contribution < 1.29 is 9.59 Å². The van der Waals surface area contributed by atoms with Gasteiger partial charge in [0.15, 0.2) is 5.78 Å². The van der Waals surface area contributed by atoms with Crippen molar-refractivity contribution in [1.82, 2.24) is 9.97 Å². The van der Waals surface area contributed by atoms with Gasteiger partial charge < -0.3 is 11.5 Å². The lowest BCUT2D eigenvalue weighted by Gasteiger charge is -2.22. The molecule has 0 radical (unpaired) electrons. The first kappa shape index (κ1) is 26.1. The molecule has 0 aliphatic heterocycles. The summed E-state index contributed by atoms with van der Waals surface area (Å²) in [6.07, 6.45) is 5.78. The van der Waals surface area contributed by atoms with Gasteiger partial charge in [-0.2, -0.15) is 0 Å². The molecule has 1 heterocycles. The van der Waals surface area contributed by atoms with Crippen molar-refractivity contribution in [2.45, 2.75) is 32.1 Å². The maximum Gasteiger partial charge on any atom is 0.229 e. The molecule has 5 aromatic rings. The van der Waals surface area contributed by atoms with Crippen molar-refractivity contribution in [3.8, 4) is 33.4 Å². The number of carbonyl (C=O) groups is 2. The minimum Gasteiger partial charge on any atom is -0.369 e. The van der Waals surface area contributed by atoms with Crippen molar-refractivity contribution in [2.24, 2.45) is 5.73 Å². The van der Waals surface area contributed by atoms with Crippen LogP contribution in [0.4, 0.5) is 5.95 Å². The summed E-state index contributed by atoms with van der Waals surface area (Å²) in [5.41, 5.74) is 20.7. The van der Waals surface area contributed by atoms with Gasteiger partial charge in [0.1, 0.15) is 0 Å². The third kappa shape index (κ3) is 4.57. The second-order valence-electron chi connectivity index (χ2n) is 10.3. The summed E-state index contributed by atoms with van der Waals surface area (Å²) in [5, 5.41) is 0. The van der Waals surface area contributed by atoms with E-state index in [1.165, 1.54) is 0 Å². The molecule has 1 aliphatic carbocycles. The number of rotatable bonds is 8. The van der Waals surface area contributed by atoms with E-state index in [1.807, 2.05) is 84.9 Å². The van der Waals surface area contributed by atoms with Gasteiger partial charge in [0.25, 0.3) is 0 Å². The third-order valence-electron chi connectivity index (χ3n) is 7.85. The molecule has 6 rings (SSSR count). The average molecular weight is 539 g/mol.